The van der Waals surface area contributed by atoms with E-state index in [-0.39, 0.29) is 5.82 Å². The van der Waals surface area contributed by atoms with Gasteiger partial charge in [0.15, 0.2) is 5.11 Å². The van der Waals surface area contributed by atoms with Crippen molar-refractivity contribution in [1.82, 2.24) is 9.97 Å². The number of rotatable bonds is 2. The molecule has 0 bridgehead atoms. The van der Waals surface area contributed by atoms with Gasteiger partial charge in [-0.25, -0.2) is 14.4 Å². The summed E-state index contributed by atoms with van der Waals surface area (Å²) in [7, 11) is 0. The van der Waals surface area contributed by atoms with Crippen molar-refractivity contribution in [2.24, 2.45) is 0 Å². The van der Waals surface area contributed by atoms with Crippen LogP contribution in [0.15, 0.2) is 30.3 Å². The molecular formula is C13H13FN4S. The third-order valence-corrected chi connectivity index (χ3v) is 2.49. The quantitative estimate of drug-likeness (QED) is 0.826. The van der Waals surface area contributed by atoms with Crippen LogP contribution in [0.3, 0.4) is 0 Å². The second-order valence-electron chi connectivity index (χ2n) is 4.06. The van der Waals surface area contributed by atoms with Gasteiger partial charge in [0, 0.05) is 17.1 Å². The molecule has 4 nitrogen and oxygen atoms in total. The largest absolute Gasteiger partial charge is 0.332 e. The molecule has 1 aromatic heterocycles. The van der Waals surface area contributed by atoms with Gasteiger partial charge in [-0.05, 0) is 50.3 Å². The second kappa shape index (κ2) is 5.71. The average Bonchev–Trinajstić information content (AvgIpc) is 2.26. The molecule has 19 heavy (non-hydrogen) atoms. The number of benzene rings is 1. The summed E-state index contributed by atoms with van der Waals surface area (Å²) in [4.78, 5) is 8.42. The van der Waals surface area contributed by atoms with Crippen molar-refractivity contribution < 1.29 is 4.39 Å². The third kappa shape index (κ3) is 3.96. The minimum atomic E-state index is -0.324. The van der Waals surface area contributed by atoms with Gasteiger partial charge in [0.25, 0.3) is 0 Å². The smallest absolute Gasteiger partial charge is 0.229 e. The van der Waals surface area contributed by atoms with E-state index in [2.05, 4.69) is 20.6 Å². The SMILES string of the molecule is Cc1cc(C)nc(NC(=S)Nc2cccc(F)c2)n1. The summed E-state index contributed by atoms with van der Waals surface area (Å²) >= 11 is 5.12. The number of nitrogens with zero attached hydrogens (tertiary/aromatic N) is 2. The van der Waals surface area contributed by atoms with E-state index in [1.165, 1.54) is 12.1 Å². The molecule has 0 fully saturated rings. The van der Waals surface area contributed by atoms with Crippen molar-refractivity contribution in [3.63, 3.8) is 0 Å². The summed E-state index contributed by atoms with van der Waals surface area (Å²) in [6.07, 6.45) is 0. The minimum absolute atomic E-state index is 0.315. The Labute approximate surface area is 116 Å². The molecule has 0 aliphatic heterocycles. The highest BCUT2D eigenvalue weighted by Gasteiger charge is 2.03. The Morgan fingerprint density at radius 3 is 2.42 bits per heavy atom. The Morgan fingerprint density at radius 1 is 1.11 bits per heavy atom. The Balaban J connectivity index is 2.05. The monoisotopic (exact) mass is 276 g/mol. The van der Waals surface area contributed by atoms with Gasteiger partial charge in [-0.3, -0.25) is 0 Å². The van der Waals surface area contributed by atoms with Crippen LogP contribution in [-0.2, 0) is 0 Å². The normalized spacial score (nSPS) is 10.1. The van der Waals surface area contributed by atoms with Crippen LogP contribution in [0.4, 0.5) is 16.0 Å². The lowest BCUT2D eigenvalue weighted by Gasteiger charge is -2.10. The van der Waals surface area contributed by atoms with Gasteiger partial charge in [0.1, 0.15) is 5.82 Å². The van der Waals surface area contributed by atoms with E-state index < -0.39 is 0 Å². The summed E-state index contributed by atoms with van der Waals surface area (Å²) in [5, 5.41) is 6.05. The van der Waals surface area contributed by atoms with E-state index >= 15 is 0 Å². The molecule has 0 saturated heterocycles. The number of nitrogens with one attached hydrogen (secondary N) is 2. The molecule has 98 valence electrons. The predicted molar refractivity (Wildman–Crippen MR) is 77.7 cm³/mol. The first-order chi connectivity index (χ1) is 9.02. The molecule has 2 N–H and O–H groups in total. The standard InChI is InChI=1S/C13H13FN4S/c1-8-6-9(2)16-12(15-8)18-13(19)17-11-5-3-4-10(14)7-11/h3-7H,1-2H3,(H2,15,16,17,18,19). The lowest BCUT2D eigenvalue weighted by atomic mass is 10.3. The molecule has 0 radical (unpaired) electrons. The van der Waals surface area contributed by atoms with E-state index in [0.717, 1.165) is 11.4 Å². The van der Waals surface area contributed by atoms with Gasteiger partial charge in [0.2, 0.25) is 5.95 Å². The molecule has 2 rings (SSSR count). The highest BCUT2D eigenvalue weighted by atomic mass is 32.1. The van der Waals surface area contributed by atoms with Gasteiger partial charge in [0.05, 0.1) is 0 Å². The number of hydrogen-bond donors (Lipinski definition) is 2. The fraction of sp³-hybridized carbons (Fsp3) is 0.154. The van der Waals surface area contributed by atoms with Crippen LogP contribution < -0.4 is 10.6 Å². The number of aromatic nitrogens is 2. The molecule has 0 aliphatic carbocycles. The van der Waals surface area contributed by atoms with Crippen LogP contribution in [0.2, 0.25) is 0 Å². The van der Waals surface area contributed by atoms with Gasteiger partial charge >= 0.3 is 0 Å². The zero-order valence-corrected chi connectivity index (χ0v) is 11.4. The van der Waals surface area contributed by atoms with E-state index in [1.54, 1.807) is 12.1 Å². The molecular weight excluding hydrogens is 263 g/mol. The number of anilines is 2. The molecule has 0 amide bonds. The Kier molecular flexibility index (Phi) is 4.01. The zero-order valence-electron chi connectivity index (χ0n) is 10.6. The van der Waals surface area contributed by atoms with Crippen molar-refractivity contribution >= 4 is 29.0 Å². The molecule has 0 spiro atoms. The average molecular weight is 276 g/mol. The van der Waals surface area contributed by atoms with E-state index in [0.29, 0.717) is 16.7 Å². The Hall–Kier alpha value is -2.08. The summed E-state index contributed by atoms with van der Waals surface area (Å²) in [5.74, 6) is 0.0989. The first-order valence-corrected chi connectivity index (χ1v) is 6.09. The van der Waals surface area contributed by atoms with Crippen molar-refractivity contribution in [1.29, 1.82) is 0 Å². The highest BCUT2D eigenvalue weighted by molar-refractivity contribution is 7.80. The molecule has 2 aromatic rings. The van der Waals surface area contributed by atoms with E-state index in [9.17, 15) is 4.39 Å². The van der Waals surface area contributed by atoms with Gasteiger partial charge < -0.3 is 10.6 Å². The predicted octanol–water partition coefficient (Wildman–Crippen LogP) is 3.04. The maximum Gasteiger partial charge on any atom is 0.229 e. The maximum atomic E-state index is 13.0. The molecule has 1 heterocycles. The summed E-state index contributed by atoms with van der Waals surface area (Å²) in [6, 6.07) is 7.92. The number of halogens is 1. The van der Waals surface area contributed by atoms with Crippen LogP contribution in [0.5, 0.6) is 0 Å². The van der Waals surface area contributed by atoms with Gasteiger partial charge in [-0.2, -0.15) is 0 Å². The lowest BCUT2D eigenvalue weighted by molar-refractivity contribution is 0.628. The number of thiocarbonyl (C=S) groups is 1. The van der Waals surface area contributed by atoms with Crippen LogP contribution in [0.25, 0.3) is 0 Å². The molecule has 6 heteroatoms. The number of hydrogen-bond acceptors (Lipinski definition) is 3. The topological polar surface area (TPSA) is 49.8 Å². The Bertz CT molecular complexity index is 595. The van der Waals surface area contributed by atoms with Crippen LogP contribution >= 0.6 is 12.2 Å². The molecule has 0 unspecified atom stereocenters. The number of aryl methyl sites for hydroxylation is 2. The molecule has 0 atom stereocenters. The highest BCUT2D eigenvalue weighted by Crippen LogP contribution is 2.10. The minimum Gasteiger partial charge on any atom is -0.332 e. The molecule has 0 saturated carbocycles. The van der Waals surface area contributed by atoms with Crippen molar-refractivity contribution in [3.05, 3.63) is 47.5 Å². The maximum absolute atomic E-state index is 13.0. The molecule has 1 aromatic carbocycles. The second-order valence-corrected chi connectivity index (χ2v) is 4.47. The Morgan fingerprint density at radius 2 is 1.79 bits per heavy atom. The molecule has 0 aliphatic rings. The zero-order chi connectivity index (χ0) is 13.8. The first kappa shape index (κ1) is 13.4. The van der Waals surface area contributed by atoms with Crippen LogP contribution in [0, 0.1) is 19.7 Å². The summed E-state index contributed by atoms with van der Waals surface area (Å²) in [6.45, 7) is 3.76. The van der Waals surface area contributed by atoms with Gasteiger partial charge in [-0.1, -0.05) is 6.07 Å². The lowest BCUT2D eigenvalue weighted by Crippen LogP contribution is -2.21. The van der Waals surface area contributed by atoms with Crippen LogP contribution in [-0.4, -0.2) is 15.1 Å². The first-order valence-electron chi connectivity index (χ1n) is 5.69. The fourth-order valence-electron chi connectivity index (χ4n) is 1.61. The third-order valence-electron chi connectivity index (χ3n) is 2.29. The van der Waals surface area contributed by atoms with Crippen LogP contribution in [0.1, 0.15) is 11.4 Å². The summed E-state index contributed by atoms with van der Waals surface area (Å²) < 4.78 is 13.0. The fourth-order valence-corrected chi connectivity index (χ4v) is 1.82. The van der Waals surface area contributed by atoms with E-state index in [4.69, 9.17) is 12.2 Å². The summed E-state index contributed by atoms with van der Waals surface area (Å²) in [5.41, 5.74) is 2.27. The van der Waals surface area contributed by atoms with Gasteiger partial charge in [-0.15, -0.1) is 0 Å². The van der Waals surface area contributed by atoms with Crippen molar-refractivity contribution in [2.45, 2.75) is 13.8 Å². The van der Waals surface area contributed by atoms with Crippen molar-refractivity contribution in [2.75, 3.05) is 10.6 Å². The van der Waals surface area contributed by atoms with Crippen molar-refractivity contribution in [3.8, 4) is 0 Å². The van der Waals surface area contributed by atoms with E-state index in [1.807, 2.05) is 19.9 Å².